The second-order valence-electron chi connectivity index (χ2n) is 4.69. The van der Waals surface area contributed by atoms with Crippen molar-refractivity contribution in [3.63, 3.8) is 0 Å². The van der Waals surface area contributed by atoms with E-state index in [1.54, 1.807) is 0 Å². The predicted octanol–water partition coefficient (Wildman–Crippen LogP) is 1.79. The molecule has 3 nitrogen and oxygen atoms in total. The van der Waals surface area contributed by atoms with Crippen LogP contribution in [0.2, 0.25) is 0 Å². The van der Waals surface area contributed by atoms with Crippen LogP contribution in [0.4, 0.5) is 0 Å². The van der Waals surface area contributed by atoms with Crippen LogP contribution in [0.5, 0.6) is 0 Å². The van der Waals surface area contributed by atoms with Crippen LogP contribution in [0.25, 0.3) is 0 Å². The number of nitrogens with one attached hydrogen (secondary N) is 1. The van der Waals surface area contributed by atoms with Crippen LogP contribution < -0.4 is 5.32 Å². The van der Waals surface area contributed by atoms with Gasteiger partial charge in [0.2, 0.25) is 0 Å². The Bertz CT molecular complexity index is 263. The third kappa shape index (κ3) is 10.8. The molecule has 0 amide bonds. The molecule has 16 heavy (non-hydrogen) atoms. The highest BCUT2D eigenvalue weighted by Crippen LogP contribution is 2.11. The molecule has 1 N–H and O–H groups in total. The summed E-state index contributed by atoms with van der Waals surface area (Å²) in [5.41, 5.74) is 0. The zero-order chi connectivity index (χ0) is 12.6. The van der Waals surface area contributed by atoms with Crippen molar-refractivity contribution in [2.24, 2.45) is 5.92 Å². The third-order valence-electron chi connectivity index (χ3n) is 2.25. The molecule has 0 aromatic heterocycles. The van der Waals surface area contributed by atoms with Gasteiger partial charge in [-0.25, -0.2) is 8.42 Å². The van der Waals surface area contributed by atoms with Crippen LogP contribution in [-0.4, -0.2) is 45.0 Å². The van der Waals surface area contributed by atoms with Gasteiger partial charge in [0.05, 0.1) is 0 Å². The topological polar surface area (TPSA) is 46.2 Å². The summed E-state index contributed by atoms with van der Waals surface area (Å²) >= 11 is 1.94. The molecule has 98 valence electrons. The molecule has 0 saturated carbocycles. The lowest BCUT2D eigenvalue weighted by molar-refractivity contribution is 0.555. The predicted molar refractivity (Wildman–Crippen MR) is 74.0 cm³/mol. The maximum absolute atomic E-state index is 11.0. The van der Waals surface area contributed by atoms with Crippen molar-refractivity contribution in [3.05, 3.63) is 0 Å². The Balaban J connectivity index is 3.67. The number of thioether (sulfide) groups is 1. The van der Waals surface area contributed by atoms with E-state index in [0.29, 0.717) is 11.8 Å². The Hall–Kier alpha value is 0.260. The molecule has 0 bridgehead atoms. The van der Waals surface area contributed by atoms with Crippen LogP contribution >= 0.6 is 11.8 Å². The molecule has 0 aliphatic rings. The monoisotopic (exact) mass is 267 g/mol. The van der Waals surface area contributed by atoms with Gasteiger partial charge in [-0.05, 0) is 31.6 Å². The molecule has 1 atom stereocenters. The third-order valence-corrected chi connectivity index (χ3v) is 4.82. The SMILES string of the molecule is CNC(CCCS(C)(=O)=O)CSCC(C)C. The van der Waals surface area contributed by atoms with E-state index in [-0.39, 0.29) is 0 Å². The summed E-state index contributed by atoms with van der Waals surface area (Å²) < 4.78 is 22.0. The van der Waals surface area contributed by atoms with E-state index < -0.39 is 9.84 Å². The fourth-order valence-corrected chi connectivity index (χ4v) is 3.27. The Kier molecular flexibility index (Phi) is 8.50. The minimum atomic E-state index is -2.80. The zero-order valence-corrected chi connectivity index (χ0v) is 12.5. The molecule has 5 heteroatoms. The fourth-order valence-electron chi connectivity index (χ4n) is 1.35. The molecule has 0 aliphatic heterocycles. The largest absolute Gasteiger partial charge is 0.316 e. The Labute approximate surface area is 105 Å². The van der Waals surface area contributed by atoms with Gasteiger partial charge in [0, 0.05) is 23.8 Å². The van der Waals surface area contributed by atoms with Crippen molar-refractivity contribution in [2.45, 2.75) is 32.7 Å². The summed E-state index contributed by atoms with van der Waals surface area (Å²) in [7, 11) is -0.851. The highest BCUT2D eigenvalue weighted by Gasteiger charge is 2.09. The Morgan fingerprint density at radius 1 is 1.25 bits per heavy atom. The summed E-state index contributed by atoms with van der Waals surface area (Å²) in [6, 6.07) is 0.436. The molecular weight excluding hydrogens is 242 g/mol. The minimum absolute atomic E-state index is 0.306. The standard InChI is InChI=1S/C11H25NO2S2/c1-10(2)8-15-9-11(12-3)6-5-7-16(4,13)14/h10-12H,5-9H2,1-4H3. The summed E-state index contributed by atoms with van der Waals surface area (Å²) in [5.74, 6) is 3.27. The van der Waals surface area contributed by atoms with E-state index >= 15 is 0 Å². The lowest BCUT2D eigenvalue weighted by atomic mass is 10.2. The highest BCUT2D eigenvalue weighted by atomic mass is 32.2. The molecule has 0 rings (SSSR count). The fraction of sp³-hybridized carbons (Fsp3) is 1.00. The maximum Gasteiger partial charge on any atom is 0.147 e. The van der Waals surface area contributed by atoms with E-state index in [2.05, 4.69) is 19.2 Å². The summed E-state index contributed by atoms with van der Waals surface area (Å²) in [4.78, 5) is 0. The molecule has 0 heterocycles. The van der Waals surface area contributed by atoms with Crippen LogP contribution in [-0.2, 0) is 9.84 Å². The zero-order valence-electron chi connectivity index (χ0n) is 10.8. The summed E-state index contributed by atoms with van der Waals surface area (Å²) in [5, 5.41) is 3.25. The quantitative estimate of drug-likeness (QED) is 0.692. The normalized spacial score (nSPS) is 14.3. The second kappa shape index (κ2) is 8.37. The van der Waals surface area contributed by atoms with Gasteiger partial charge in [-0.15, -0.1) is 0 Å². The van der Waals surface area contributed by atoms with Crippen molar-refractivity contribution in [3.8, 4) is 0 Å². The summed E-state index contributed by atoms with van der Waals surface area (Å²) in [6.45, 7) is 4.43. The van der Waals surface area contributed by atoms with Crippen molar-refractivity contribution in [1.82, 2.24) is 5.32 Å². The van der Waals surface area contributed by atoms with Gasteiger partial charge in [-0.1, -0.05) is 13.8 Å². The lowest BCUT2D eigenvalue weighted by Crippen LogP contribution is -2.28. The lowest BCUT2D eigenvalue weighted by Gasteiger charge is -2.16. The molecule has 0 radical (unpaired) electrons. The van der Waals surface area contributed by atoms with E-state index in [9.17, 15) is 8.42 Å². The van der Waals surface area contributed by atoms with Gasteiger partial charge >= 0.3 is 0 Å². The molecule has 0 fully saturated rings. The molecule has 0 aliphatic carbocycles. The first-order chi connectivity index (χ1) is 7.35. The van der Waals surface area contributed by atoms with Gasteiger partial charge in [0.15, 0.2) is 0 Å². The molecule has 1 unspecified atom stereocenters. The molecular formula is C11H25NO2S2. The van der Waals surface area contributed by atoms with E-state index in [0.717, 1.165) is 24.5 Å². The number of hydrogen-bond acceptors (Lipinski definition) is 4. The Morgan fingerprint density at radius 2 is 1.88 bits per heavy atom. The maximum atomic E-state index is 11.0. The van der Waals surface area contributed by atoms with E-state index in [1.165, 1.54) is 12.0 Å². The first-order valence-electron chi connectivity index (χ1n) is 5.78. The van der Waals surface area contributed by atoms with Crippen molar-refractivity contribution < 1.29 is 8.42 Å². The van der Waals surface area contributed by atoms with Crippen molar-refractivity contribution >= 4 is 21.6 Å². The summed E-state index contributed by atoms with van der Waals surface area (Å²) in [6.07, 6.45) is 3.00. The van der Waals surface area contributed by atoms with Gasteiger partial charge in [0.1, 0.15) is 9.84 Å². The average molecular weight is 267 g/mol. The smallest absolute Gasteiger partial charge is 0.147 e. The van der Waals surface area contributed by atoms with Crippen LogP contribution in [0.1, 0.15) is 26.7 Å². The number of hydrogen-bond donors (Lipinski definition) is 1. The Morgan fingerprint density at radius 3 is 2.31 bits per heavy atom. The van der Waals surface area contributed by atoms with Crippen LogP contribution in [0, 0.1) is 5.92 Å². The van der Waals surface area contributed by atoms with Gasteiger partial charge < -0.3 is 5.32 Å². The second-order valence-corrected chi connectivity index (χ2v) is 8.02. The van der Waals surface area contributed by atoms with E-state index in [4.69, 9.17) is 0 Å². The first-order valence-corrected chi connectivity index (χ1v) is 8.99. The minimum Gasteiger partial charge on any atom is -0.316 e. The number of rotatable bonds is 9. The highest BCUT2D eigenvalue weighted by molar-refractivity contribution is 7.99. The number of sulfone groups is 1. The van der Waals surface area contributed by atoms with Crippen LogP contribution in [0.15, 0.2) is 0 Å². The molecule has 0 aromatic rings. The van der Waals surface area contributed by atoms with Gasteiger partial charge in [-0.2, -0.15) is 11.8 Å². The average Bonchev–Trinajstić information content (AvgIpc) is 2.13. The van der Waals surface area contributed by atoms with Gasteiger partial charge in [-0.3, -0.25) is 0 Å². The van der Waals surface area contributed by atoms with Crippen molar-refractivity contribution in [2.75, 3.05) is 30.6 Å². The van der Waals surface area contributed by atoms with E-state index in [1.807, 2.05) is 18.8 Å². The van der Waals surface area contributed by atoms with Crippen molar-refractivity contribution in [1.29, 1.82) is 0 Å². The molecule has 0 saturated heterocycles. The van der Waals surface area contributed by atoms with Gasteiger partial charge in [0.25, 0.3) is 0 Å². The molecule has 0 spiro atoms. The van der Waals surface area contributed by atoms with Crippen LogP contribution in [0.3, 0.4) is 0 Å². The first kappa shape index (κ1) is 16.3. The molecule has 0 aromatic carbocycles.